The van der Waals surface area contributed by atoms with Crippen molar-refractivity contribution in [3.05, 3.63) is 130 Å². The third-order valence-corrected chi connectivity index (χ3v) is 7.44. The van der Waals surface area contributed by atoms with E-state index in [1.165, 1.54) is 0 Å². The third kappa shape index (κ3) is 6.65. The molecule has 0 amide bonds. The molecule has 0 heterocycles. The second kappa shape index (κ2) is 13.7. The molecular weight excluding hydrogens is 590 g/mol. The molecule has 2 nitrogen and oxygen atoms in total. The molecule has 0 saturated carbocycles. The summed E-state index contributed by atoms with van der Waals surface area (Å²) in [6, 6.07) is 19.4. The molecule has 0 aliphatic heterocycles. The molecule has 0 fully saturated rings. The highest BCUT2D eigenvalue weighted by atomic mass is 19.4. The molecule has 0 aliphatic carbocycles. The van der Waals surface area contributed by atoms with Gasteiger partial charge < -0.3 is 9.47 Å². The van der Waals surface area contributed by atoms with Crippen molar-refractivity contribution >= 4 is 12.2 Å². The first kappa shape index (κ1) is 33.4. The Morgan fingerprint density at radius 2 is 0.978 bits per heavy atom. The zero-order chi connectivity index (χ0) is 32.8. The summed E-state index contributed by atoms with van der Waals surface area (Å²) in [7, 11) is 0. The van der Waals surface area contributed by atoms with Crippen LogP contribution >= 0.6 is 0 Å². The van der Waals surface area contributed by atoms with Gasteiger partial charge in [-0.05, 0) is 80.3 Å². The molecule has 0 bridgehead atoms. The maximum atomic E-state index is 16.4. The lowest BCUT2D eigenvalue weighted by molar-refractivity contribution is -0.314. The molecule has 4 aromatic carbocycles. The SMILES string of the molecule is CC=Cc1ccccc1Oc1ccc(C(F)(F)C(F)(c2ccc(Oc3ccccc3C=CC)c(CC)c2)C(F)(F)F)cc1CC. The number of allylic oxidation sites excluding steroid dienone is 2. The minimum atomic E-state index is -5.96. The van der Waals surface area contributed by atoms with Gasteiger partial charge in [-0.3, -0.25) is 0 Å². The van der Waals surface area contributed by atoms with E-state index >= 15 is 13.2 Å². The molecule has 0 radical (unpaired) electrons. The average molecular weight is 625 g/mol. The fraction of sp³-hybridized carbons (Fsp3) is 0.243. The average Bonchev–Trinajstić information content (AvgIpc) is 3.02. The van der Waals surface area contributed by atoms with E-state index in [1.54, 1.807) is 86.7 Å². The molecule has 236 valence electrons. The summed E-state index contributed by atoms with van der Waals surface area (Å²) in [6.45, 7) is 6.91. The van der Waals surface area contributed by atoms with Crippen LogP contribution in [-0.4, -0.2) is 6.18 Å². The summed E-state index contributed by atoms with van der Waals surface area (Å²) in [5.41, 5.74) is -5.61. The lowest BCUT2D eigenvalue weighted by Gasteiger charge is -2.36. The Balaban J connectivity index is 1.77. The second-order valence-electron chi connectivity index (χ2n) is 10.4. The van der Waals surface area contributed by atoms with Gasteiger partial charge in [0.15, 0.2) is 0 Å². The molecule has 0 aliphatic rings. The summed E-state index contributed by atoms with van der Waals surface area (Å²) < 4.78 is 104. The van der Waals surface area contributed by atoms with Gasteiger partial charge in [-0.1, -0.05) is 80.6 Å². The van der Waals surface area contributed by atoms with Gasteiger partial charge in [0.1, 0.15) is 23.0 Å². The van der Waals surface area contributed by atoms with Crippen molar-refractivity contribution in [3.8, 4) is 23.0 Å². The van der Waals surface area contributed by atoms with Crippen molar-refractivity contribution in [1.29, 1.82) is 0 Å². The lowest BCUT2D eigenvalue weighted by atomic mass is 9.83. The number of benzene rings is 4. The molecule has 0 aromatic heterocycles. The number of hydrogen-bond acceptors (Lipinski definition) is 2. The quantitative estimate of drug-likeness (QED) is 0.155. The predicted octanol–water partition coefficient (Wildman–Crippen LogP) is 12.0. The van der Waals surface area contributed by atoms with Crippen LogP contribution in [0.5, 0.6) is 23.0 Å². The van der Waals surface area contributed by atoms with Gasteiger partial charge in [0.2, 0.25) is 0 Å². The molecular formula is C37H34F6O2. The van der Waals surface area contributed by atoms with Gasteiger partial charge in [-0.25, -0.2) is 4.39 Å². The van der Waals surface area contributed by atoms with Crippen LogP contribution in [0.2, 0.25) is 0 Å². The monoisotopic (exact) mass is 624 g/mol. The maximum Gasteiger partial charge on any atom is 0.433 e. The number of hydrogen-bond donors (Lipinski definition) is 0. The van der Waals surface area contributed by atoms with E-state index in [0.717, 1.165) is 35.9 Å². The Hall–Kier alpha value is -4.46. The smallest absolute Gasteiger partial charge is 0.433 e. The van der Waals surface area contributed by atoms with Gasteiger partial charge in [0.25, 0.3) is 5.67 Å². The molecule has 4 aromatic rings. The Bertz CT molecular complexity index is 1690. The van der Waals surface area contributed by atoms with E-state index in [4.69, 9.17) is 9.47 Å². The summed E-state index contributed by atoms with van der Waals surface area (Å²) >= 11 is 0. The number of halogens is 6. The van der Waals surface area contributed by atoms with Gasteiger partial charge in [0.05, 0.1) is 0 Å². The minimum absolute atomic E-state index is 0.106. The summed E-state index contributed by atoms with van der Waals surface area (Å²) in [6.07, 6.45) is 1.47. The van der Waals surface area contributed by atoms with Crippen molar-refractivity contribution in [2.45, 2.75) is 58.3 Å². The number of aryl methyl sites for hydroxylation is 2. The molecule has 0 spiro atoms. The Morgan fingerprint density at radius 1 is 0.556 bits per heavy atom. The van der Waals surface area contributed by atoms with E-state index < -0.39 is 28.9 Å². The maximum absolute atomic E-state index is 16.4. The number of rotatable bonds is 11. The number of para-hydroxylation sites is 2. The molecule has 0 N–H and O–H groups in total. The number of ether oxygens (including phenoxy) is 2. The van der Waals surface area contributed by atoms with Crippen LogP contribution in [0.3, 0.4) is 0 Å². The van der Waals surface area contributed by atoms with Crippen LogP contribution in [0.25, 0.3) is 12.2 Å². The van der Waals surface area contributed by atoms with E-state index in [0.29, 0.717) is 23.1 Å². The largest absolute Gasteiger partial charge is 0.456 e. The van der Waals surface area contributed by atoms with Crippen molar-refractivity contribution in [2.24, 2.45) is 0 Å². The van der Waals surface area contributed by atoms with E-state index in [2.05, 4.69) is 0 Å². The molecule has 1 atom stereocenters. The van der Waals surface area contributed by atoms with Crippen LogP contribution in [0, 0.1) is 0 Å². The van der Waals surface area contributed by atoms with Crippen LogP contribution in [0.4, 0.5) is 26.3 Å². The van der Waals surface area contributed by atoms with Gasteiger partial charge >= 0.3 is 12.1 Å². The molecule has 0 saturated heterocycles. The van der Waals surface area contributed by atoms with Crippen LogP contribution in [0.15, 0.2) is 97.1 Å². The van der Waals surface area contributed by atoms with Crippen molar-refractivity contribution < 1.29 is 35.8 Å². The zero-order valence-electron chi connectivity index (χ0n) is 25.4. The molecule has 1 unspecified atom stereocenters. The fourth-order valence-electron chi connectivity index (χ4n) is 5.06. The van der Waals surface area contributed by atoms with Crippen molar-refractivity contribution in [2.75, 3.05) is 0 Å². The fourth-order valence-corrected chi connectivity index (χ4v) is 5.06. The van der Waals surface area contributed by atoms with Gasteiger partial charge in [-0.2, -0.15) is 22.0 Å². The molecule has 45 heavy (non-hydrogen) atoms. The Kier molecular flexibility index (Phi) is 10.2. The molecule has 8 heteroatoms. The van der Waals surface area contributed by atoms with Crippen LogP contribution < -0.4 is 9.47 Å². The first-order valence-corrected chi connectivity index (χ1v) is 14.6. The Morgan fingerprint density at radius 3 is 1.40 bits per heavy atom. The van der Waals surface area contributed by atoms with E-state index in [1.807, 2.05) is 13.8 Å². The lowest BCUT2D eigenvalue weighted by Crippen LogP contribution is -2.51. The van der Waals surface area contributed by atoms with Gasteiger partial charge in [0, 0.05) is 22.3 Å². The minimum Gasteiger partial charge on any atom is -0.456 e. The number of alkyl halides is 6. The normalized spacial score (nSPS) is 13.7. The van der Waals surface area contributed by atoms with Crippen molar-refractivity contribution in [1.82, 2.24) is 0 Å². The van der Waals surface area contributed by atoms with E-state index in [9.17, 15) is 13.2 Å². The highest BCUT2D eigenvalue weighted by molar-refractivity contribution is 5.59. The van der Waals surface area contributed by atoms with Crippen molar-refractivity contribution in [3.63, 3.8) is 0 Å². The Labute approximate surface area is 259 Å². The highest BCUT2D eigenvalue weighted by Gasteiger charge is 2.72. The summed E-state index contributed by atoms with van der Waals surface area (Å²) in [5.74, 6) is -3.84. The second-order valence-corrected chi connectivity index (χ2v) is 10.4. The zero-order valence-corrected chi connectivity index (χ0v) is 25.4. The van der Waals surface area contributed by atoms with Crippen LogP contribution in [0.1, 0.15) is 61.1 Å². The predicted molar refractivity (Wildman–Crippen MR) is 167 cm³/mol. The molecule has 4 rings (SSSR count). The highest BCUT2D eigenvalue weighted by Crippen LogP contribution is 2.58. The van der Waals surface area contributed by atoms with E-state index in [-0.39, 0.29) is 35.5 Å². The standard InChI is InChI=1S/C37H34F6O2/c1-5-13-27-15-9-11-17-31(27)44-33-21-19-29(23-25(33)7-3)35(38,37(41,42)43)36(39,40)30-20-22-34(26(8-4)24-30)45-32-18-12-10-16-28(32)14-6-2/h5-6,9-24H,7-8H2,1-4H3. The summed E-state index contributed by atoms with van der Waals surface area (Å²) in [5, 5.41) is 0. The van der Waals surface area contributed by atoms with Crippen LogP contribution in [-0.2, 0) is 24.4 Å². The topological polar surface area (TPSA) is 18.5 Å². The third-order valence-electron chi connectivity index (χ3n) is 7.44. The first-order valence-electron chi connectivity index (χ1n) is 14.6. The summed E-state index contributed by atoms with van der Waals surface area (Å²) in [4.78, 5) is 0. The first-order chi connectivity index (χ1) is 21.4. The van der Waals surface area contributed by atoms with Gasteiger partial charge in [-0.15, -0.1) is 0 Å².